The molecule has 0 bridgehead atoms. The number of nitrogens with two attached hydrogens (primary N) is 1. The molecule has 2 N–H and O–H groups in total. The van der Waals surface area contributed by atoms with E-state index in [9.17, 15) is 8.78 Å². The molecule has 1 heterocycles. The van der Waals surface area contributed by atoms with Gasteiger partial charge in [0.15, 0.2) is 5.13 Å². The van der Waals surface area contributed by atoms with Crippen LogP contribution in [0.3, 0.4) is 0 Å². The summed E-state index contributed by atoms with van der Waals surface area (Å²) in [7, 11) is 0. The summed E-state index contributed by atoms with van der Waals surface area (Å²) in [6, 6.07) is 0.898. The third-order valence-electron chi connectivity index (χ3n) is 2.20. The maximum absolute atomic E-state index is 13.5. The molecule has 0 radical (unpaired) electrons. The summed E-state index contributed by atoms with van der Waals surface area (Å²) in [5, 5.41) is 0.261. The Morgan fingerprint density at radius 3 is 2.60 bits per heavy atom. The van der Waals surface area contributed by atoms with Crippen LogP contribution in [0.15, 0.2) is 6.07 Å². The number of halogens is 2. The Kier molecular flexibility index (Phi) is 2.34. The molecule has 80 valence electrons. The average Bonchev–Trinajstić information content (AvgIpc) is 2.45. The van der Waals surface area contributed by atoms with E-state index in [1.165, 1.54) is 0 Å². The van der Waals surface area contributed by atoms with Gasteiger partial charge in [-0.25, -0.2) is 13.8 Å². The number of rotatable bonds is 1. The zero-order chi connectivity index (χ0) is 11.2. The van der Waals surface area contributed by atoms with Crippen LogP contribution in [0.5, 0.6) is 0 Å². The molecule has 2 aromatic rings. The zero-order valence-corrected chi connectivity index (χ0v) is 9.16. The zero-order valence-electron chi connectivity index (χ0n) is 8.34. The first kappa shape index (κ1) is 10.3. The Hall–Kier alpha value is -1.23. The summed E-state index contributed by atoms with van der Waals surface area (Å²) in [6.07, 6.45) is 0. The van der Waals surface area contributed by atoms with Gasteiger partial charge >= 0.3 is 0 Å². The van der Waals surface area contributed by atoms with Gasteiger partial charge in [0.2, 0.25) is 0 Å². The molecule has 1 aromatic carbocycles. The second-order valence-corrected chi connectivity index (χ2v) is 4.67. The Morgan fingerprint density at radius 2 is 2.00 bits per heavy atom. The van der Waals surface area contributed by atoms with Crippen molar-refractivity contribution in [2.45, 2.75) is 19.8 Å². The third-order valence-corrected chi connectivity index (χ3v) is 3.10. The highest BCUT2D eigenvalue weighted by Gasteiger charge is 2.18. The maximum atomic E-state index is 13.5. The van der Waals surface area contributed by atoms with Crippen molar-refractivity contribution in [1.82, 2.24) is 4.98 Å². The van der Waals surface area contributed by atoms with Crippen LogP contribution in [0.25, 0.3) is 10.2 Å². The van der Waals surface area contributed by atoms with E-state index >= 15 is 0 Å². The van der Waals surface area contributed by atoms with E-state index in [1.807, 2.05) is 13.8 Å². The molecule has 2 nitrogen and oxygen atoms in total. The average molecular weight is 228 g/mol. The highest BCUT2D eigenvalue weighted by molar-refractivity contribution is 7.22. The van der Waals surface area contributed by atoms with Gasteiger partial charge in [0, 0.05) is 11.6 Å². The number of nitrogens with zero attached hydrogens (tertiary/aromatic N) is 1. The lowest BCUT2D eigenvalue weighted by Crippen LogP contribution is -1.96. The minimum Gasteiger partial charge on any atom is -0.375 e. The Morgan fingerprint density at radius 1 is 1.33 bits per heavy atom. The van der Waals surface area contributed by atoms with E-state index in [0.717, 1.165) is 17.4 Å². The summed E-state index contributed by atoms with van der Waals surface area (Å²) in [4.78, 5) is 3.97. The molecule has 0 spiro atoms. The lowest BCUT2D eigenvalue weighted by molar-refractivity contribution is 0.574. The van der Waals surface area contributed by atoms with Crippen molar-refractivity contribution in [1.29, 1.82) is 0 Å². The first-order chi connectivity index (χ1) is 7.00. The molecule has 5 heteroatoms. The third kappa shape index (κ3) is 1.56. The Labute approximate surface area is 89.7 Å². The molecule has 0 unspecified atom stereocenters. The van der Waals surface area contributed by atoms with Crippen molar-refractivity contribution in [3.05, 3.63) is 23.3 Å². The largest absolute Gasteiger partial charge is 0.375 e. The van der Waals surface area contributed by atoms with E-state index < -0.39 is 11.6 Å². The first-order valence-corrected chi connectivity index (χ1v) is 5.36. The molecular weight excluding hydrogens is 218 g/mol. The normalized spacial score (nSPS) is 11.5. The second-order valence-electron chi connectivity index (χ2n) is 3.64. The fraction of sp³-hybridized carbons (Fsp3) is 0.300. The van der Waals surface area contributed by atoms with Crippen molar-refractivity contribution in [3.63, 3.8) is 0 Å². The SMILES string of the molecule is CC(C)c1c(F)cc(F)c2sc(N)nc12. The predicted octanol–water partition coefficient (Wildman–Crippen LogP) is 3.28. The molecule has 0 atom stereocenters. The first-order valence-electron chi connectivity index (χ1n) is 4.54. The highest BCUT2D eigenvalue weighted by Crippen LogP contribution is 2.34. The van der Waals surface area contributed by atoms with Crippen LogP contribution in [0, 0.1) is 11.6 Å². The van der Waals surface area contributed by atoms with Crippen molar-refractivity contribution >= 4 is 26.7 Å². The summed E-state index contributed by atoms with van der Waals surface area (Å²) in [5.41, 5.74) is 6.28. The number of thiazole rings is 1. The van der Waals surface area contributed by atoms with Gasteiger partial charge in [0.1, 0.15) is 11.6 Å². The summed E-state index contributed by atoms with van der Waals surface area (Å²) < 4.78 is 27.2. The van der Waals surface area contributed by atoms with Crippen LogP contribution in [-0.4, -0.2) is 4.98 Å². The molecule has 0 saturated carbocycles. The standard InChI is InChI=1S/C10H10F2N2S/c1-4(2)7-5(11)3-6(12)9-8(7)14-10(13)15-9/h3-4H,1-2H3,(H2,13,14). The van der Waals surface area contributed by atoms with Crippen molar-refractivity contribution in [2.75, 3.05) is 5.73 Å². The summed E-state index contributed by atoms with van der Waals surface area (Å²) in [5.74, 6) is -1.20. The summed E-state index contributed by atoms with van der Waals surface area (Å²) >= 11 is 1.04. The molecule has 0 aliphatic heterocycles. The molecule has 0 saturated heterocycles. The fourth-order valence-electron chi connectivity index (χ4n) is 1.60. The van der Waals surface area contributed by atoms with Crippen molar-refractivity contribution in [2.24, 2.45) is 0 Å². The number of fused-ring (bicyclic) bond motifs is 1. The van der Waals surface area contributed by atoms with E-state index in [0.29, 0.717) is 15.8 Å². The highest BCUT2D eigenvalue weighted by atomic mass is 32.1. The van der Waals surface area contributed by atoms with E-state index in [-0.39, 0.29) is 11.0 Å². The molecular formula is C10H10F2N2S. The molecule has 15 heavy (non-hydrogen) atoms. The van der Waals surface area contributed by atoms with Crippen LogP contribution in [-0.2, 0) is 0 Å². The van der Waals surface area contributed by atoms with Gasteiger partial charge in [-0.1, -0.05) is 25.2 Å². The fourth-order valence-corrected chi connectivity index (χ4v) is 2.35. The van der Waals surface area contributed by atoms with Gasteiger partial charge in [0.05, 0.1) is 10.2 Å². The van der Waals surface area contributed by atoms with Crippen molar-refractivity contribution < 1.29 is 8.78 Å². The van der Waals surface area contributed by atoms with Gasteiger partial charge < -0.3 is 5.73 Å². The molecule has 1 aromatic heterocycles. The lowest BCUT2D eigenvalue weighted by Gasteiger charge is -2.07. The van der Waals surface area contributed by atoms with E-state index in [1.54, 1.807) is 0 Å². The van der Waals surface area contributed by atoms with Crippen LogP contribution in [0.2, 0.25) is 0 Å². The topological polar surface area (TPSA) is 38.9 Å². The number of hydrogen-bond acceptors (Lipinski definition) is 3. The predicted molar refractivity (Wildman–Crippen MR) is 58.0 cm³/mol. The van der Waals surface area contributed by atoms with Crippen LogP contribution in [0.4, 0.5) is 13.9 Å². The molecule has 0 amide bonds. The molecule has 2 rings (SSSR count). The van der Waals surface area contributed by atoms with Gasteiger partial charge in [-0.15, -0.1) is 0 Å². The second kappa shape index (κ2) is 3.41. The number of anilines is 1. The van der Waals surface area contributed by atoms with Crippen LogP contribution < -0.4 is 5.73 Å². The van der Waals surface area contributed by atoms with Gasteiger partial charge in [-0.3, -0.25) is 0 Å². The van der Waals surface area contributed by atoms with Crippen LogP contribution in [0.1, 0.15) is 25.3 Å². The maximum Gasteiger partial charge on any atom is 0.181 e. The minimum absolute atomic E-state index is 0.0467. The Bertz CT molecular complexity index is 520. The smallest absolute Gasteiger partial charge is 0.181 e. The summed E-state index contributed by atoms with van der Waals surface area (Å²) in [6.45, 7) is 3.68. The van der Waals surface area contributed by atoms with Gasteiger partial charge in [-0.05, 0) is 5.92 Å². The number of aromatic nitrogens is 1. The quantitative estimate of drug-likeness (QED) is 0.813. The molecule has 0 aliphatic rings. The van der Waals surface area contributed by atoms with Crippen molar-refractivity contribution in [3.8, 4) is 0 Å². The molecule has 0 aliphatic carbocycles. The minimum atomic E-state index is -0.596. The number of hydrogen-bond donors (Lipinski definition) is 1. The Balaban J connectivity index is 2.89. The number of benzene rings is 1. The van der Waals surface area contributed by atoms with E-state index in [2.05, 4.69) is 4.98 Å². The van der Waals surface area contributed by atoms with Gasteiger partial charge in [-0.2, -0.15) is 0 Å². The number of nitrogen functional groups attached to an aromatic ring is 1. The lowest BCUT2D eigenvalue weighted by atomic mass is 10.0. The monoisotopic (exact) mass is 228 g/mol. The molecule has 0 fully saturated rings. The van der Waals surface area contributed by atoms with Crippen LogP contribution >= 0.6 is 11.3 Å². The van der Waals surface area contributed by atoms with E-state index in [4.69, 9.17) is 5.73 Å². The van der Waals surface area contributed by atoms with Gasteiger partial charge in [0.25, 0.3) is 0 Å².